The lowest BCUT2D eigenvalue weighted by Gasteiger charge is -2.09. The van der Waals surface area contributed by atoms with Crippen molar-refractivity contribution in [2.75, 3.05) is 5.73 Å². The van der Waals surface area contributed by atoms with Crippen molar-refractivity contribution in [3.63, 3.8) is 0 Å². The summed E-state index contributed by atoms with van der Waals surface area (Å²) in [4.78, 5) is 10.7. The van der Waals surface area contributed by atoms with Gasteiger partial charge in [-0.05, 0) is 18.9 Å². The predicted octanol–water partition coefficient (Wildman–Crippen LogP) is 2.02. The minimum Gasteiger partial charge on any atom is -0.381 e. The Kier molecular flexibility index (Phi) is 3.46. The molecule has 2 N–H and O–H groups in total. The van der Waals surface area contributed by atoms with Gasteiger partial charge in [0.2, 0.25) is 0 Å². The number of hydrogen-bond donors (Lipinski definition) is 1. The molecule has 0 aliphatic carbocycles. The average Bonchev–Trinajstić information content (AvgIpc) is 2.71. The van der Waals surface area contributed by atoms with Crippen LogP contribution in [0.4, 0.5) is 11.5 Å². The number of aromatic nitrogens is 3. The summed E-state index contributed by atoms with van der Waals surface area (Å²) < 4.78 is 1.48. The number of aryl methyl sites for hydroxylation is 1. The zero-order chi connectivity index (χ0) is 14.0. The van der Waals surface area contributed by atoms with Gasteiger partial charge in [0.1, 0.15) is 5.69 Å². The molecule has 0 bridgehead atoms. The van der Waals surface area contributed by atoms with Gasteiger partial charge in [0.05, 0.1) is 10.6 Å². The van der Waals surface area contributed by atoms with Gasteiger partial charge in [-0.3, -0.25) is 10.1 Å². The van der Waals surface area contributed by atoms with Gasteiger partial charge in [-0.15, -0.1) is 5.10 Å². The van der Waals surface area contributed by atoms with E-state index in [9.17, 15) is 10.1 Å². The SMILES string of the molecule is CCCc1c(N)nnn1-c1c(C)cccc1[N+](=O)[O-]. The van der Waals surface area contributed by atoms with Gasteiger partial charge in [-0.2, -0.15) is 0 Å². The second-order valence-electron chi connectivity index (χ2n) is 4.28. The maximum Gasteiger partial charge on any atom is 0.295 e. The molecule has 7 nitrogen and oxygen atoms in total. The number of nitro benzene ring substituents is 1. The van der Waals surface area contributed by atoms with Gasteiger partial charge in [0, 0.05) is 6.07 Å². The monoisotopic (exact) mass is 261 g/mol. The fourth-order valence-electron chi connectivity index (χ4n) is 2.03. The van der Waals surface area contributed by atoms with Crippen LogP contribution in [0.15, 0.2) is 18.2 Å². The molecule has 0 fully saturated rings. The minimum absolute atomic E-state index is 0.00209. The molecule has 0 atom stereocenters. The number of rotatable bonds is 4. The van der Waals surface area contributed by atoms with Crippen LogP contribution in [0.3, 0.4) is 0 Å². The molecule has 0 saturated heterocycles. The van der Waals surface area contributed by atoms with Gasteiger partial charge in [-0.1, -0.05) is 30.7 Å². The number of hydrogen-bond acceptors (Lipinski definition) is 5. The first-order valence-electron chi connectivity index (χ1n) is 6.00. The Balaban J connectivity index is 2.68. The second-order valence-corrected chi connectivity index (χ2v) is 4.28. The van der Waals surface area contributed by atoms with E-state index in [-0.39, 0.29) is 5.69 Å². The van der Waals surface area contributed by atoms with E-state index in [1.807, 2.05) is 6.92 Å². The van der Waals surface area contributed by atoms with Crippen molar-refractivity contribution < 1.29 is 4.92 Å². The summed E-state index contributed by atoms with van der Waals surface area (Å²) in [5, 5.41) is 18.9. The minimum atomic E-state index is -0.421. The Bertz CT molecular complexity index is 621. The summed E-state index contributed by atoms with van der Waals surface area (Å²) in [5.41, 5.74) is 7.68. The smallest absolute Gasteiger partial charge is 0.295 e. The van der Waals surface area contributed by atoms with E-state index < -0.39 is 4.92 Å². The van der Waals surface area contributed by atoms with Crippen molar-refractivity contribution in [2.24, 2.45) is 0 Å². The molecule has 0 amide bonds. The number of nitrogens with zero attached hydrogens (tertiary/aromatic N) is 4. The Labute approximate surface area is 110 Å². The molecular weight excluding hydrogens is 246 g/mol. The maximum absolute atomic E-state index is 11.1. The first kappa shape index (κ1) is 13.0. The van der Waals surface area contributed by atoms with E-state index in [2.05, 4.69) is 10.3 Å². The van der Waals surface area contributed by atoms with Crippen molar-refractivity contribution in [3.8, 4) is 5.69 Å². The van der Waals surface area contributed by atoms with Crippen LogP contribution in [0, 0.1) is 17.0 Å². The number of nitrogens with two attached hydrogens (primary N) is 1. The van der Waals surface area contributed by atoms with Crippen LogP contribution in [-0.4, -0.2) is 19.9 Å². The summed E-state index contributed by atoms with van der Waals surface area (Å²) >= 11 is 0. The molecule has 19 heavy (non-hydrogen) atoms. The highest BCUT2D eigenvalue weighted by molar-refractivity contribution is 5.58. The van der Waals surface area contributed by atoms with Gasteiger partial charge in [-0.25, -0.2) is 4.68 Å². The van der Waals surface area contributed by atoms with E-state index in [0.29, 0.717) is 23.6 Å². The fraction of sp³-hybridized carbons (Fsp3) is 0.333. The van der Waals surface area contributed by atoms with Gasteiger partial charge in [0.25, 0.3) is 5.69 Å². The highest BCUT2D eigenvalue weighted by Gasteiger charge is 2.21. The zero-order valence-corrected chi connectivity index (χ0v) is 10.8. The van der Waals surface area contributed by atoms with Crippen molar-refractivity contribution >= 4 is 11.5 Å². The highest BCUT2D eigenvalue weighted by Crippen LogP contribution is 2.28. The highest BCUT2D eigenvalue weighted by atomic mass is 16.6. The fourth-order valence-corrected chi connectivity index (χ4v) is 2.03. The summed E-state index contributed by atoms with van der Waals surface area (Å²) in [7, 11) is 0. The molecule has 2 rings (SSSR count). The third-order valence-corrected chi connectivity index (χ3v) is 2.91. The molecule has 1 aromatic carbocycles. The Hall–Kier alpha value is -2.44. The normalized spacial score (nSPS) is 10.6. The molecular formula is C12H15N5O2. The lowest BCUT2D eigenvalue weighted by atomic mass is 10.1. The van der Waals surface area contributed by atoms with E-state index in [1.54, 1.807) is 19.1 Å². The van der Waals surface area contributed by atoms with E-state index in [0.717, 1.165) is 12.0 Å². The van der Waals surface area contributed by atoms with Crippen LogP contribution in [-0.2, 0) is 6.42 Å². The molecule has 0 aliphatic heterocycles. The van der Waals surface area contributed by atoms with E-state index in [1.165, 1.54) is 10.7 Å². The summed E-state index contributed by atoms with van der Waals surface area (Å²) in [6, 6.07) is 4.91. The molecule has 1 heterocycles. The Morgan fingerprint density at radius 1 is 1.47 bits per heavy atom. The van der Waals surface area contributed by atoms with Crippen LogP contribution in [0.2, 0.25) is 0 Å². The number of nitrogen functional groups attached to an aromatic ring is 1. The number of benzene rings is 1. The number of para-hydroxylation sites is 1. The first-order chi connectivity index (χ1) is 9.06. The third-order valence-electron chi connectivity index (χ3n) is 2.91. The van der Waals surface area contributed by atoms with Crippen LogP contribution < -0.4 is 5.73 Å². The molecule has 100 valence electrons. The van der Waals surface area contributed by atoms with Crippen molar-refractivity contribution in [1.29, 1.82) is 0 Å². The van der Waals surface area contributed by atoms with Crippen LogP contribution >= 0.6 is 0 Å². The lowest BCUT2D eigenvalue weighted by Crippen LogP contribution is -2.08. The van der Waals surface area contributed by atoms with Crippen LogP contribution in [0.5, 0.6) is 0 Å². The van der Waals surface area contributed by atoms with Crippen molar-refractivity contribution in [2.45, 2.75) is 26.7 Å². The summed E-state index contributed by atoms with van der Waals surface area (Å²) in [6.07, 6.45) is 1.53. The Morgan fingerprint density at radius 3 is 2.84 bits per heavy atom. The third kappa shape index (κ3) is 2.26. The molecule has 1 aromatic heterocycles. The number of anilines is 1. The van der Waals surface area contributed by atoms with Gasteiger partial charge in [0.15, 0.2) is 5.82 Å². The predicted molar refractivity (Wildman–Crippen MR) is 71.2 cm³/mol. The van der Waals surface area contributed by atoms with Crippen LogP contribution in [0.25, 0.3) is 5.69 Å². The first-order valence-corrected chi connectivity index (χ1v) is 6.00. The molecule has 0 saturated carbocycles. The second kappa shape index (κ2) is 5.05. The average molecular weight is 261 g/mol. The van der Waals surface area contributed by atoms with Crippen molar-refractivity contribution in [1.82, 2.24) is 15.0 Å². The molecule has 0 radical (unpaired) electrons. The Morgan fingerprint density at radius 2 is 2.21 bits per heavy atom. The van der Waals surface area contributed by atoms with Gasteiger partial charge < -0.3 is 5.73 Å². The van der Waals surface area contributed by atoms with Gasteiger partial charge >= 0.3 is 0 Å². The zero-order valence-electron chi connectivity index (χ0n) is 10.8. The quantitative estimate of drug-likeness (QED) is 0.670. The van der Waals surface area contributed by atoms with Crippen LogP contribution in [0.1, 0.15) is 24.6 Å². The topological polar surface area (TPSA) is 99.9 Å². The largest absolute Gasteiger partial charge is 0.381 e. The standard InChI is InChI=1S/C12H15N5O2/c1-3-5-10-12(13)14-15-16(10)11-8(2)6-4-7-9(11)17(18)19/h4,6-7H,3,5,13H2,1-2H3. The maximum atomic E-state index is 11.1. The summed E-state index contributed by atoms with van der Waals surface area (Å²) in [5.74, 6) is 0.319. The summed E-state index contributed by atoms with van der Waals surface area (Å²) in [6.45, 7) is 3.80. The number of nitro groups is 1. The van der Waals surface area contributed by atoms with Crippen molar-refractivity contribution in [3.05, 3.63) is 39.6 Å². The molecule has 2 aromatic rings. The van der Waals surface area contributed by atoms with E-state index >= 15 is 0 Å². The molecule has 0 aliphatic rings. The molecule has 0 spiro atoms. The molecule has 7 heteroatoms. The lowest BCUT2D eigenvalue weighted by molar-refractivity contribution is -0.384. The van der Waals surface area contributed by atoms with E-state index in [4.69, 9.17) is 5.73 Å². The molecule has 0 unspecified atom stereocenters.